The van der Waals surface area contributed by atoms with Crippen LogP contribution in [0.5, 0.6) is 0 Å². The Morgan fingerprint density at radius 1 is 1.04 bits per heavy atom. The Labute approximate surface area is 269 Å². The molecule has 0 saturated carbocycles. The van der Waals surface area contributed by atoms with Gasteiger partial charge in [0.05, 0.1) is 18.5 Å². The number of nitrogens with zero attached hydrogens (tertiary/aromatic N) is 6. The molecule has 6 atom stereocenters. The number of carboxylic acids is 1. The van der Waals surface area contributed by atoms with E-state index in [1.54, 1.807) is 24.3 Å². The van der Waals surface area contributed by atoms with Crippen molar-refractivity contribution in [1.29, 1.82) is 0 Å². The minimum Gasteiger partial charge on any atom is -0.480 e. The summed E-state index contributed by atoms with van der Waals surface area (Å²) in [6, 6.07) is 16.6. The molecule has 5 aromatic rings. The molecule has 2 saturated heterocycles. The first-order valence-electron chi connectivity index (χ1n) is 14.3. The highest BCUT2D eigenvalue weighted by Crippen LogP contribution is 2.45. The largest absolute Gasteiger partial charge is 0.480 e. The Hall–Kier alpha value is -4.67. The zero-order valence-corrected chi connectivity index (χ0v) is 24.8. The number of fused-ring (bicyclic) bond motifs is 1. The Balaban J connectivity index is 1.33. The maximum atomic E-state index is 14.1. The van der Waals surface area contributed by atoms with Crippen molar-refractivity contribution in [3.05, 3.63) is 113 Å². The van der Waals surface area contributed by atoms with E-state index in [4.69, 9.17) is 30.5 Å². The molecule has 12 nitrogen and oxygen atoms in total. The Bertz CT molecular complexity index is 1890. The second kappa shape index (κ2) is 12.8. The Morgan fingerprint density at radius 2 is 1.83 bits per heavy atom. The molecule has 2 aliphatic rings. The van der Waals surface area contributed by atoms with Crippen LogP contribution < -0.4 is 0 Å². The van der Waals surface area contributed by atoms with Gasteiger partial charge in [-0.15, -0.1) is 5.10 Å². The van der Waals surface area contributed by atoms with Crippen LogP contribution in [-0.2, 0) is 23.7 Å². The molecule has 242 valence electrons. The monoisotopic (exact) mass is 668 g/mol. The fourth-order valence-electron chi connectivity index (χ4n) is 5.75. The molecule has 0 bridgehead atoms. The Morgan fingerprint density at radius 3 is 2.57 bits per heavy atom. The van der Waals surface area contributed by atoms with Crippen molar-refractivity contribution < 1.29 is 42.0 Å². The van der Waals surface area contributed by atoms with E-state index >= 15 is 0 Å². The van der Waals surface area contributed by atoms with Crippen molar-refractivity contribution >= 4 is 17.6 Å². The number of rotatable bonds is 8. The van der Waals surface area contributed by atoms with Crippen LogP contribution in [0.15, 0.2) is 79.3 Å². The highest BCUT2D eigenvalue weighted by molar-refractivity contribution is 6.30. The van der Waals surface area contributed by atoms with Gasteiger partial charge in [0, 0.05) is 16.1 Å². The molecule has 1 N–H and O–H groups in total. The molecule has 47 heavy (non-hydrogen) atoms. The second-order valence-electron chi connectivity index (χ2n) is 10.8. The normalized spacial score (nSPS) is 24.2. The molecule has 7 rings (SSSR count). The first-order chi connectivity index (χ1) is 22.8. The van der Waals surface area contributed by atoms with Crippen LogP contribution in [0.25, 0.3) is 16.9 Å². The standard InChI is InChI=1S/C31H24ClF3N6O6/c32-18-7-4-8-19(11-18)41-30(36-15-37-41)29-28(44-14-24(42)43)26(27-23(46-29)13-45-31(47-27)16-5-2-1-3-6-16)40-12-22(38-39-40)17-9-20(33)25(35)21(34)10-17/h1-12,15,23,26-29,31H,13-14H2,(H,42,43)/t23-,26+,27+,28-,29-,31+/m1/s1. The summed E-state index contributed by atoms with van der Waals surface area (Å²) in [6.07, 6.45) is -2.02. The van der Waals surface area contributed by atoms with Gasteiger partial charge in [-0.05, 0) is 30.3 Å². The molecule has 0 spiro atoms. The van der Waals surface area contributed by atoms with Gasteiger partial charge in [-0.25, -0.2) is 32.3 Å². The van der Waals surface area contributed by atoms with E-state index in [2.05, 4.69) is 20.4 Å². The van der Waals surface area contributed by atoms with Crippen molar-refractivity contribution in [1.82, 2.24) is 29.8 Å². The number of carboxylic acid groups (broad SMARTS) is 1. The molecule has 0 amide bonds. The predicted molar refractivity (Wildman–Crippen MR) is 156 cm³/mol. The molecule has 16 heteroatoms. The van der Waals surface area contributed by atoms with Gasteiger partial charge < -0.3 is 24.1 Å². The third-order valence-electron chi connectivity index (χ3n) is 7.80. The van der Waals surface area contributed by atoms with Crippen LogP contribution in [-0.4, -0.2) is 72.4 Å². The smallest absolute Gasteiger partial charge is 0.329 e. The van der Waals surface area contributed by atoms with Crippen LogP contribution in [0.3, 0.4) is 0 Å². The molecule has 2 fully saturated rings. The van der Waals surface area contributed by atoms with E-state index in [-0.39, 0.29) is 23.7 Å². The average Bonchev–Trinajstić information content (AvgIpc) is 3.76. The summed E-state index contributed by atoms with van der Waals surface area (Å²) in [5.41, 5.74) is 1.19. The van der Waals surface area contributed by atoms with Crippen LogP contribution >= 0.6 is 11.6 Å². The van der Waals surface area contributed by atoms with E-state index < -0.39 is 66.8 Å². The zero-order chi connectivity index (χ0) is 32.7. The lowest BCUT2D eigenvalue weighted by Crippen LogP contribution is -2.57. The molecule has 0 radical (unpaired) electrons. The highest BCUT2D eigenvalue weighted by atomic mass is 35.5. The lowest BCUT2D eigenvalue weighted by molar-refractivity contribution is -0.322. The zero-order valence-electron chi connectivity index (χ0n) is 24.1. The Kier molecular flexibility index (Phi) is 8.46. The molecule has 0 aliphatic carbocycles. The number of hydrogen-bond donors (Lipinski definition) is 1. The van der Waals surface area contributed by atoms with Crippen molar-refractivity contribution in [3.8, 4) is 16.9 Å². The van der Waals surface area contributed by atoms with E-state index in [1.807, 2.05) is 30.3 Å². The summed E-state index contributed by atoms with van der Waals surface area (Å²) in [5, 5.41) is 22.7. The minimum absolute atomic E-state index is 0.00754. The lowest BCUT2D eigenvalue weighted by Gasteiger charge is -2.48. The molecular weight excluding hydrogens is 645 g/mol. The van der Waals surface area contributed by atoms with Crippen LogP contribution in [0.1, 0.15) is 29.8 Å². The number of benzene rings is 3. The summed E-state index contributed by atoms with van der Waals surface area (Å²) in [7, 11) is 0. The van der Waals surface area contributed by atoms with E-state index in [9.17, 15) is 23.1 Å². The van der Waals surface area contributed by atoms with Crippen molar-refractivity contribution in [2.45, 2.75) is 36.7 Å². The van der Waals surface area contributed by atoms with Gasteiger partial charge in [-0.3, -0.25) is 0 Å². The van der Waals surface area contributed by atoms with Gasteiger partial charge in [0.2, 0.25) is 0 Å². The summed E-state index contributed by atoms with van der Waals surface area (Å²) in [5.74, 6) is -5.43. The van der Waals surface area contributed by atoms with E-state index in [1.165, 1.54) is 21.9 Å². The molecular formula is C31H24ClF3N6O6. The number of aliphatic carboxylic acids is 1. The van der Waals surface area contributed by atoms with Gasteiger partial charge in [-0.2, -0.15) is 5.10 Å². The molecule has 4 heterocycles. The van der Waals surface area contributed by atoms with Crippen molar-refractivity contribution in [2.75, 3.05) is 13.2 Å². The number of carbonyl (C=O) groups is 1. The molecule has 0 unspecified atom stereocenters. The maximum absolute atomic E-state index is 14.1. The summed E-state index contributed by atoms with van der Waals surface area (Å²) >= 11 is 6.25. The maximum Gasteiger partial charge on any atom is 0.329 e. The minimum atomic E-state index is -1.62. The molecule has 2 aliphatic heterocycles. The van der Waals surface area contributed by atoms with Crippen LogP contribution in [0.2, 0.25) is 5.02 Å². The first-order valence-corrected chi connectivity index (χ1v) is 14.7. The second-order valence-corrected chi connectivity index (χ2v) is 11.2. The van der Waals surface area contributed by atoms with Crippen molar-refractivity contribution in [2.24, 2.45) is 0 Å². The number of ether oxygens (including phenoxy) is 4. The topological polar surface area (TPSA) is 136 Å². The third-order valence-corrected chi connectivity index (χ3v) is 8.03. The van der Waals surface area contributed by atoms with Gasteiger partial charge in [0.1, 0.15) is 49.1 Å². The summed E-state index contributed by atoms with van der Waals surface area (Å²) in [4.78, 5) is 16.2. The van der Waals surface area contributed by atoms with E-state index in [0.717, 1.165) is 12.1 Å². The van der Waals surface area contributed by atoms with Gasteiger partial charge in [-0.1, -0.05) is 53.2 Å². The fourth-order valence-corrected chi connectivity index (χ4v) is 5.94. The summed E-state index contributed by atoms with van der Waals surface area (Å²) in [6.45, 7) is -0.692. The third kappa shape index (κ3) is 6.11. The quantitative estimate of drug-likeness (QED) is 0.228. The summed E-state index contributed by atoms with van der Waals surface area (Å²) < 4.78 is 69.9. The van der Waals surface area contributed by atoms with Gasteiger partial charge in [0.15, 0.2) is 29.6 Å². The predicted octanol–water partition coefficient (Wildman–Crippen LogP) is 4.86. The van der Waals surface area contributed by atoms with Gasteiger partial charge >= 0.3 is 5.97 Å². The molecule has 3 aromatic carbocycles. The van der Waals surface area contributed by atoms with Crippen LogP contribution in [0.4, 0.5) is 13.2 Å². The first kappa shape index (κ1) is 31.0. The fraction of sp³-hybridized carbons (Fsp3) is 0.258. The number of halogens is 4. The van der Waals surface area contributed by atoms with E-state index in [0.29, 0.717) is 16.3 Å². The highest BCUT2D eigenvalue weighted by Gasteiger charge is 2.53. The average molecular weight is 669 g/mol. The SMILES string of the molecule is O=C(O)CO[C@@H]1[C@@H](n2cc(-c3cc(F)c(F)c(F)c3)nn2)[C@H]2O[C@@H](c3ccccc3)OC[C@H]2O[C@H]1c1ncnn1-c1cccc(Cl)c1. The van der Waals surface area contributed by atoms with Crippen molar-refractivity contribution in [3.63, 3.8) is 0 Å². The number of hydrogen-bond acceptors (Lipinski definition) is 9. The lowest BCUT2D eigenvalue weighted by atomic mass is 9.90. The van der Waals surface area contributed by atoms with Gasteiger partial charge in [0.25, 0.3) is 0 Å². The number of aromatic nitrogens is 6. The van der Waals surface area contributed by atoms with Crippen LogP contribution in [0, 0.1) is 17.5 Å². The molecule has 2 aromatic heterocycles.